The predicted molar refractivity (Wildman–Crippen MR) is 115 cm³/mol. The van der Waals surface area contributed by atoms with Gasteiger partial charge >= 0.3 is 0 Å². The molecule has 0 aliphatic carbocycles. The van der Waals surface area contributed by atoms with E-state index in [-0.39, 0.29) is 30.3 Å². The van der Waals surface area contributed by atoms with Gasteiger partial charge in [0.1, 0.15) is 5.75 Å². The van der Waals surface area contributed by atoms with Crippen molar-refractivity contribution in [3.05, 3.63) is 60.2 Å². The van der Waals surface area contributed by atoms with Gasteiger partial charge in [-0.15, -0.1) is 0 Å². The van der Waals surface area contributed by atoms with E-state index in [0.29, 0.717) is 13.1 Å². The molecule has 1 heterocycles. The van der Waals surface area contributed by atoms with Gasteiger partial charge in [0.2, 0.25) is 11.8 Å². The SMILES string of the molecule is CC(C)Oc1ccc(N2C[C@@H](C(=O)NCCCCc3ccccc3)CC2=O)cc1. The van der Waals surface area contributed by atoms with Crippen LogP contribution in [0.4, 0.5) is 5.69 Å². The van der Waals surface area contributed by atoms with E-state index in [1.807, 2.05) is 56.3 Å². The smallest absolute Gasteiger partial charge is 0.227 e. The quantitative estimate of drug-likeness (QED) is 0.655. The number of aryl methyl sites for hydroxylation is 1. The van der Waals surface area contributed by atoms with Crippen molar-refractivity contribution in [1.82, 2.24) is 5.32 Å². The molecule has 0 unspecified atom stereocenters. The van der Waals surface area contributed by atoms with E-state index in [1.165, 1.54) is 5.56 Å². The van der Waals surface area contributed by atoms with Crippen LogP contribution in [0.5, 0.6) is 5.75 Å². The fourth-order valence-electron chi connectivity index (χ4n) is 3.56. The molecule has 1 atom stereocenters. The molecule has 29 heavy (non-hydrogen) atoms. The van der Waals surface area contributed by atoms with Crippen LogP contribution < -0.4 is 15.0 Å². The van der Waals surface area contributed by atoms with Crippen LogP contribution in [0.3, 0.4) is 0 Å². The summed E-state index contributed by atoms with van der Waals surface area (Å²) in [5.41, 5.74) is 2.13. The van der Waals surface area contributed by atoms with E-state index in [2.05, 4.69) is 17.4 Å². The Bertz CT molecular complexity index is 803. The minimum absolute atomic E-state index is 0.00763. The van der Waals surface area contributed by atoms with Crippen LogP contribution in [-0.4, -0.2) is 31.0 Å². The molecule has 0 spiro atoms. The van der Waals surface area contributed by atoms with Gasteiger partial charge in [0.25, 0.3) is 0 Å². The average molecular weight is 395 g/mol. The summed E-state index contributed by atoms with van der Waals surface area (Å²) in [7, 11) is 0. The number of unbranched alkanes of at least 4 members (excludes halogenated alkanes) is 1. The first-order valence-electron chi connectivity index (χ1n) is 10.4. The van der Waals surface area contributed by atoms with Gasteiger partial charge < -0.3 is 15.0 Å². The molecule has 1 N–H and O–H groups in total. The topological polar surface area (TPSA) is 58.6 Å². The van der Waals surface area contributed by atoms with Crippen molar-refractivity contribution < 1.29 is 14.3 Å². The number of ether oxygens (including phenoxy) is 1. The molecule has 1 saturated heterocycles. The number of benzene rings is 2. The normalized spacial score (nSPS) is 16.3. The molecule has 0 bridgehead atoms. The van der Waals surface area contributed by atoms with Crippen molar-refractivity contribution in [3.63, 3.8) is 0 Å². The molecule has 5 heteroatoms. The lowest BCUT2D eigenvalue weighted by Gasteiger charge is -2.18. The van der Waals surface area contributed by atoms with Crippen molar-refractivity contribution in [2.24, 2.45) is 5.92 Å². The van der Waals surface area contributed by atoms with Crippen LogP contribution in [-0.2, 0) is 16.0 Å². The van der Waals surface area contributed by atoms with E-state index in [1.54, 1.807) is 4.90 Å². The number of hydrogen-bond acceptors (Lipinski definition) is 3. The third kappa shape index (κ3) is 6.08. The van der Waals surface area contributed by atoms with Crippen molar-refractivity contribution in [3.8, 4) is 5.75 Å². The second-order valence-corrected chi connectivity index (χ2v) is 7.80. The van der Waals surface area contributed by atoms with Crippen LogP contribution >= 0.6 is 0 Å². The zero-order valence-electron chi connectivity index (χ0n) is 17.3. The van der Waals surface area contributed by atoms with Crippen LogP contribution in [0, 0.1) is 5.92 Å². The summed E-state index contributed by atoms with van der Waals surface area (Å²) < 4.78 is 5.64. The van der Waals surface area contributed by atoms with Gasteiger partial charge in [-0.05, 0) is 62.9 Å². The zero-order chi connectivity index (χ0) is 20.6. The van der Waals surface area contributed by atoms with Gasteiger partial charge in [-0.2, -0.15) is 0 Å². The fraction of sp³-hybridized carbons (Fsp3) is 0.417. The summed E-state index contributed by atoms with van der Waals surface area (Å²) in [5, 5.41) is 3.00. The number of nitrogens with one attached hydrogen (secondary N) is 1. The second-order valence-electron chi connectivity index (χ2n) is 7.80. The van der Waals surface area contributed by atoms with Gasteiger partial charge in [-0.1, -0.05) is 30.3 Å². The molecule has 154 valence electrons. The van der Waals surface area contributed by atoms with Crippen LogP contribution in [0.1, 0.15) is 38.7 Å². The summed E-state index contributed by atoms with van der Waals surface area (Å²) in [6, 6.07) is 17.8. The van der Waals surface area contributed by atoms with Crippen molar-refractivity contribution in [2.45, 2.75) is 45.6 Å². The Morgan fingerprint density at radius 2 is 1.83 bits per heavy atom. The first-order chi connectivity index (χ1) is 14.0. The summed E-state index contributed by atoms with van der Waals surface area (Å²) >= 11 is 0. The maximum absolute atomic E-state index is 12.5. The maximum atomic E-state index is 12.5. The third-order valence-electron chi connectivity index (χ3n) is 5.05. The Hall–Kier alpha value is -2.82. The minimum Gasteiger partial charge on any atom is -0.491 e. The number of rotatable bonds is 9. The summed E-state index contributed by atoms with van der Waals surface area (Å²) in [6.07, 6.45) is 3.35. The van der Waals surface area contributed by atoms with E-state index >= 15 is 0 Å². The Labute approximate surface area is 173 Å². The molecule has 2 amide bonds. The molecular weight excluding hydrogens is 364 g/mol. The van der Waals surface area contributed by atoms with E-state index in [0.717, 1.165) is 30.7 Å². The Morgan fingerprint density at radius 3 is 2.52 bits per heavy atom. The van der Waals surface area contributed by atoms with Gasteiger partial charge in [0.05, 0.1) is 12.0 Å². The van der Waals surface area contributed by atoms with E-state index in [4.69, 9.17) is 4.74 Å². The number of carbonyl (C=O) groups is 2. The Balaban J connectivity index is 1.42. The molecule has 1 fully saturated rings. The molecule has 2 aromatic rings. The number of hydrogen-bond donors (Lipinski definition) is 1. The van der Waals surface area contributed by atoms with Gasteiger partial charge in [0, 0.05) is 25.2 Å². The lowest BCUT2D eigenvalue weighted by Crippen LogP contribution is -2.33. The molecular formula is C24H30N2O3. The molecule has 0 saturated carbocycles. The molecule has 0 radical (unpaired) electrons. The molecule has 1 aliphatic heterocycles. The van der Waals surface area contributed by atoms with Crippen molar-refractivity contribution in [1.29, 1.82) is 0 Å². The van der Waals surface area contributed by atoms with Gasteiger partial charge in [0.15, 0.2) is 0 Å². The highest BCUT2D eigenvalue weighted by atomic mass is 16.5. The number of carbonyl (C=O) groups excluding carboxylic acids is 2. The first-order valence-corrected chi connectivity index (χ1v) is 10.4. The highest BCUT2D eigenvalue weighted by Gasteiger charge is 2.34. The minimum atomic E-state index is -0.289. The van der Waals surface area contributed by atoms with Crippen LogP contribution in [0.15, 0.2) is 54.6 Å². The summed E-state index contributed by atoms with van der Waals surface area (Å²) in [6.45, 7) is 5.03. The van der Waals surface area contributed by atoms with Crippen molar-refractivity contribution >= 4 is 17.5 Å². The monoisotopic (exact) mass is 394 g/mol. The highest BCUT2D eigenvalue weighted by Crippen LogP contribution is 2.27. The Kier molecular flexibility index (Phi) is 7.28. The molecule has 2 aromatic carbocycles. The predicted octanol–water partition coefficient (Wildman–Crippen LogP) is 3.97. The first kappa shape index (κ1) is 20.9. The zero-order valence-corrected chi connectivity index (χ0v) is 17.3. The lowest BCUT2D eigenvalue weighted by atomic mass is 10.1. The largest absolute Gasteiger partial charge is 0.491 e. The van der Waals surface area contributed by atoms with Gasteiger partial charge in [-0.3, -0.25) is 9.59 Å². The Morgan fingerprint density at radius 1 is 1.10 bits per heavy atom. The highest BCUT2D eigenvalue weighted by molar-refractivity contribution is 6.00. The van der Waals surface area contributed by atoms with E-state index < -0.39 is 0 Å². The van der Waals surface area contributed by atoms with Crippen LogP contribution in [0.25, 0.3) is 0 Å². The second kappa shape index (κ2) is 10.1. The van der Waals surface area contributed by atoms with E-state index in [9.17, 15) is 9.59 Å². The maximum Gasteiger partial charge on any atom is 0.227 e. The summed E-state index contributed by atoms with van der Waals surface area (Å²) in [4.78, 5) is 26.6. The van der Waals surface area contributed by atoms with Gasteiger partial charge in [-0.25, -0.2) is 0 Å². The lowest BCUT2D eigenvalue weighted by molar-refractivity contribution is -0.126. The standard InChI is InChI=1S/C24H30N2O3/c1-18(2)29-22-13-11-21(12-14-22)26-17-20(16-23(26)27)24(28)25-15-7-6-10-19-8-4-3-5-9-19/h3-5,8-9,11-14,18,20H,6-7,10,15-17H2,1-2H3,(H,25,28)/t20-/m0/s1. The molecule has 5 nitrogen and oxygen atoms in total. The average Bonchev–Trinajstić information content (AvgIpc) is 3.10. The molecule has 0 aromatic heterocycles. The number of nitrogens with zero attached hydrogens (tertiary/aromatic N) is 1. The number of amides is 2. The molecule has 1 aliphatic rings. The summed E-state index contributed by atoms with van der Waals surface area (Å²) in [5.74, 6) is 0.454. The van der Waals surface area contributed by atoms with Crippen molar-refractivity contribution in [2.75, 3.05) is 18.0 Å². The third-order valence-corrected chi connectivity index (χ3v) is 5.05. The fourth-order valence-corrected chi connectivity index (χ4v) is 3.56. The molecule has 3 rings (SSSR count). The van der Waals surface area contributed by atoms with Crippen LogP contribution in [0.2, 0.25) is 0 Å². The number of anilines is 1.